The summed E-state index contributed by atoms with van der Waals surface area (Å²) in [5.41, 5.74) is 3.43. The Bertz CT molecular complexity index is 547. The van der Waals surface area contributed by atoms with Crippen LogP contribution in [0.15, 0.2) is 0 Å². The van der Waals surface area contributed by atoms with E-state index in [1.54, 1.807) is 6.92 Å². The molecule has 0 aromatic carbocycles. The summed E-state index contributed by atoms with van der Waals surface area (Å²) >= 11 is 0. The van der Waals surface area contributed by atoms with Gasteiger partial charge in [-0.1, -0.05) is 6.92 Å². The van der Waals surface area contributed by atoms with Crippen molar-refractivity contribution in [3.05, 3.63) is 22.5 Å². The predicted molar refractivity (Wildman–Crippen MR) is 87.1 cm³/mol. The lowest BCUT2D eigenvalue weighted by Crippen LogP contribution is -2.32. The van der Waals surface area contributed by atoms with Gasteiger partial charge in [-0.15, -0.1) is 0 Å². The van der Waals surface area contributed by atoms with E-state index in [9.17, 15) is 9.59 Å². The van der Waals surface area contributed by atoms with Crippen molar-refractivity contribution in [3.8, 4) is 0 Å². The lowest BCUT2D eigenvalue weighted by Gasteiger charge is -2.12. The van der Waals surface area contributed by atoms with E-state index in [1.807, 2.05) is 39.3 Å². The van der Waals surface area contributed by atoms with Crippen molar-refractivity contribution in [3.63, 3.8) is 0 Å². The standard InChI is InChI=1S/C17H28N2O3/c1-7-11(3)18-15(20)10-9-14-12(4)16(13(5)19(14)6)17(21)22-8-2/h11H,7-10H2,1-6H3,(H,18,20). The summed E-state index contributed by atoms with van der Waals surface area (Å²) in [5.74, 6) is -0.242. The molecule has 0 aliphatic heterocycles. The van der Waals surface area contributed by atoms with Crippen LogP contribution in [0.2, 0.25) is 0 Å². The highest BCUT2D eigenvalue weighted by atomic mass is 16.5. The van der Waals surface area contributed by atoms with Gasteiger partial charge in [0.2, 0.25) is 5.91 Å². The summed E-state index contributed by atoms with van der Waals surface area (Å²) in [5, 5.41) is 2.96. The summed E-state index contributed by atoms with van der Waals surface area (Å²) in [6.45, 7) is 10.0. The van der Waals surface area contributed by atoms with Crippen LogP contribution in [0.4, 0.5) is 0 Å². The number of nitrogens with zero attached hydrogens (tertiary/aromatic N) is 1. The van der Waals surface area contributed by atoms with Crippen LogP contribution in [0.3, 0.4) is 0 Å². The van der Waals surface area contributed by atoms with Crippen LogP contribution in [0.5, 0.6) is 0 Å². The second-order valence-corrected chi connectivity index (χ2v) is 5.69. The number of carbonyl (C=O) groups excluding carboxylic acids is 2. The van der Waals surface area contributed by atoms with Gasteiger partial charge in [0.05, 0.1) is 12.2 Å². The smallest absolute Gasteiger partial charge is 0.340 e. The average molecular weight is 308 g/mol. The normalized spacial score (nSPS) is 12.1. The quantitative estimate of drug-likeness (QED) is 0.788. The molecule has 1 atom stereocenters. The Kier molecular flexibility index (Phi) is 6.65. The Labute approximate surface area is 133 Å². The molecule has 1 aromatic rings. The maximum absolute atomic E-state index is 12.1. The summed E-state index contributed by atoms with van der Waals surface area (Å²) in [7, 11) is 1.92. The highest BCUT2D eigenvalue weighted by Crippen LogP contribution is 2.23. The van der Waals surface area contributed by atoms with Gasteiger partial charge in [-0.25, -0.2) is 4.79 Å². The number of hydrogen-bond acceptors (Lipinski definition) is 3. The molecule has 0 aliphatic carbocycles. The molecule has 0 spiro atoms. The fraction of sp³-hybridized carbons (Fsp3) is 0.647. The zero-order chi connectivity index (χ0) is 16.9. The summed E-state index contributed by atoms with van der Waals surface area (Å²) < 4.78 is 7.10. The van der Waals surface area contributed by atoms with Gasteiger partial charge < -0.3 is 14.6 Å². The van der Waals surface area contributed by atoms with Crippen LogP contribution in [-0.4, -0.2) is 29.1 Å². The molecule has 1 N–H and O–H groups in total. The molecule has 0 bridgehead atoms. The van der Waals surface area contributed by atoms with Gasteiger partial charge in [0, 0.05) is 30.9 Å². The van der Waals surface area contributed by atoms with Crippen molar-refractivity contribution >= 4 is 11.9 Å². The lowest BCUT2D eigenvalue weighted by molar-refractivity contribution is -0.121. The van der Waals surface area contributed by atoms with Gasteiger partial charge in [0.15, 0.2) is 0 Å². The molecule has 5 nitrogen and oxygen atoms in total. The molecule has 5 heteroatoms. The molecule has 0 saturated heterocycles. The molecule has 1 unspecified atom stereocenters. The van der Waals surface area contributed by atoms with Gasteiger partial charge in [0.1, 0.15) is 0 Å². The maximum Gasteiger partial charge on any atom is 0.340 e. The van der Waals surface area contributed by atoms with Crippen molar-refractivity contribution in [1.29, 1.82) is 0 Å². The van der Waals surface area contributed by atoms with Gasteiger partial charge in [-0.2, -0.15) is 0 Å². The van der Waals surface area contributed by atoms with E-state index >= 15 is 0 Å². The fourth-order valence-electron chi connectivity index (χ4n) is 2.58. The number of esters is 1. The molecule has 1 aromatic heterocycles. The highest BCUT2D eigenvalue weighted by Gasteiger charge is 2.22. The van der Waals surface area contributed by atoms with Crippen molar-refractivity contribution in [1.82, 2.24) is 9.88 Å². The van der Waals surface area contributed by atoms with Crippen LogP contribution in [-0.2, 0) is 23.0 Å². The Morgan fingerprint density at radius 3 is 2.45 bits per heavy atom. The first-order chi connectivity index (χ1) is 10.3. The molecular weight excluding hydrogens is 280 g/mol. The van der Waals surface area contributed by atoms with E-state index in [-0.39, 0.29) is 17.9 Å². The van der Waals surface area contributed by atoms with Gasteiger partial charge in [-0.05, 0) is 46.1 Å². The van der Waals surface area contributed by atoms with Crippen molar-refractivity contribution in [2.45, 2.75) is 59.9 Å². The van der Waals surface area contributed by atoms with Crippen LogP contribution < -0.4 is 5.32 Å². The van der Waals surface area contributed by atoms with Crippen LogP contribution >= 0.6 is 0 Å². The second-order valence-electron chi connectivity index (χ2n) is 5.69. The Morgan fingerprint density at radius 1 is 1.27 bits per heavy atom. The third-order valence-electron chi connectivity index (χ3n) is 4.17. The number of nitrogens with one attached hydrogen (secondary N) is 1. The molecule has 0 saturated carbocycles. The van der Waals surface area contributed by atoms with Gasteiger partial charge >= 0.3 is 5.97 Å². The minimum atomic E-state index is -0.289. The number of carbonyl (C=O) groups is 2. The molecule has 1 rings (SSSR count). The summed E-state index contributed by atoms with van der Waals surface area (Å²) in [4.78, 5) is 24.0. The molecule has 0 fully saturated rings. The SMILES string of the molecule is CCOC(=O)c1c(C)c(CCC(=O)NC(C)CC)n(C)c1C. The summed E-state index contributed by atoms with van der Waals surface area (Å²) in [6.07, 6.45) is 1.95. The van der Waals surface area contributed by atoms with E-state index in [1.165, 1.54) is 0 Å². The molecule has 0 radical (unpaired) electrons. The van der Waals surface area contributed by atoms with Crippen LogP contribution in [0.25, 0.3) is 0 Å². The van der Waals surface area contributed by atoms with E-state index in [0.29, 0.717) is 25.0 Å². The minimum Gasteiger partial charge on any atom is -0.462 e. The molecule has 0 aliphatic rings. The van der Waals surface area contributed by atoms with Crippen molar-refractivity contribution < 1.29 is 14.3 Å². The first kappa shape index (κ1) is 18.3. The molecule has 1 heterocycles. The monoisotopic (exact) mass is 308 g/mol. The second kappa shape index (κ2) is 8.01. The number of amides is 1. The molecule has 124 valence electrons. The Morgan fingerprint density at radius 2 is 1.91 bits per heavy atom. The Balaban J connectivity index is 2.86. The van der Waals surface area contributed by atoms with Crippen molar-refractivity contribution in [2.75, 3.05) is 6.61 Å². The lowest BCUT2D eigenvalue weighted by atomic mass is 10.1. The van der Waals surface area contributed by atoms with E-state index in [4.69, 9.17) is 4.74 Å². The topological polar surface area (TPSA) is 60.3 Å². The van der Waals surface area contributed by atoms with Gasteiger partial charge in [0.25, 0.3) is 0 Å². The van der Waals surface area contributed by atoms with E-state index < -0.39 is 0 Å². The predicted octanol–water partition coefficient (Wildman–Crippen LogP) is 2.67. The average Bonchev–Trinajstić information content (AvgIpc) is 2.67. The number of rotatable bonds is 7. The van der Waals surface area contributed by atoms with E-state index in [0.717, 1.165) is 23.4 Å². The van der Waals surface area contributed by atoms with Crippen LogP contribution in [0.1, 0.15) is 60.9 Å². The van der Waals surface area contributed by atoms with Gasteiger partial charge in [-0.3, -0.25) is 4.79 Å². The van der Waals surface area contributed by atoms with Crippen LogP contribution in [0, 0.1) is 13.8 Å². The number of ether oxygens (including phenoxy) is 1. The first-order valence-electron chi connectivity index (χ1n) is 7.94. The number of aromatic nitrogens is 1. The summed E-state index contributed by atoms with van der Waals surface area (Å²) in [6, 6.07) is 0.193. The fourth-order valence-corrected chi connectivity index (χ4v) is 2.58. The zero-order valence-electron chi connectivity index (χ0n) is 14.6. The third-order valence-corrected chi connectivity index (χ3v) is 4.17. The minimum absolute atomic E-state index is 0.0466. The number of hydrogen-bond donors (Lipinski definition) is 1. The molecular formula is C17H28N2O3. The molecule has 1 amide bonds. The largest absolute Gasteiger partial charge is 0.462 e. The maximum atomic E-state index is 12.1. The third kappa shape index (κ3) is 4.12. The zero-order valence-corrected chi connectivity index (χ0v) is 14.6. The molecule has 22 heavy (non-hydrogen) atoms. The van der Waals surface area contributed by atoms with E-state index in [2.05, 4.69) is 5.32 Å². The van der Waals surface area contributed by atoms with Crippen molar-refractivity contribution in [2.24, 2.45) is 7.05 Å². The Hall–Kier alpha value is -1.78. The highest BCUT2D eigenvalue weighted by molar-refractivity contribution is 5.93. The first-order valence-corrected chi connectivity index (χ1v) is 7.94.